The Morgan fingerprint density at radius 1 is 1.29 bits per heavy atom. The maximum absolute atomic E-state index is 12.6. The zero-order valence-electron chi connectivity index (χ0n) is 13.2. The second-order valence-corrected chi connectivity index (χ2v) is 7.75. The summed E-state index contributed by atoms with van der Waals surface area (Å²) in [6.45, 7) is 1.16. The van der Waals surface area contributed by atoms with Crippen molar-refractivity contribution in [1.29, 1.82) is 0 Å². The van der Waals surface area contributed by atoms with Crippen LogP contribution in [0.5, 0.6) is 0 Å². The number of hydrogen-bond donors (Lipinski definition) is 0. The van der Waals surface area contributed by atoms with Crippen molar-refractivity contribution in [3.8, 4) is 0 Å². The van der Waals surface area contributed by atoms with Gasteiger partial charge in [0, 0.05) is 33.4 Å². The first kappa shape index (κ1) is 15.0. The van der Waals surface area contributed by atoms with Gasteiger partial charge in [-0.3, -0.25) is 4.68 Å². The number of fused-ring (bicyclic) bond motifs is 1. The summed E-state index contributed by atoms with van der Waals surface area (Å²) in [6.07, 6.45) is 4.41. The third-order valence-electron chi connectivity index (χ3n) is 4.21. The van der Waals surface area contributed by atoms with Gasteiger partial charge in [-0.1, -0.05) is 0 Å². The van der Waals surface area contributed by atoms with E-state index in [1.807, 2.05) is 17.0 Å². The monoisotopic (exact) mass is 348 g/mol. The summed E-state index contributed by atoms with van der Waals surface area (Å²) in [5.41, 5.74) is 0.673. The lowest BCUT2D eigenvalue weighted by molar-refractivity contribution is 0.309. The fraction of sp³-hybridized carbons (Fsp3) is 0.385. The number of anilines is 1. The Morgan fingerprint density at radius 2 is 2.08 bits per heavy atom. The number of aromatic nitrogens is 6. The quantitative estimate of drug-likeness (QED) is 0.618. The van der Waals surface area contributed by atoms with Crippen molar-refractivity contribution in [2.24, 2.45) is 7.05 Å². The Balaban J connectivity index is 1.48. The molecule has 0 atom stereocenters. The molecule has 0 amide bonds. The molecule has 0 saturated carbocycles. The van der Waals surface area contributed by atoms with Crippen LogP contribution in [0.25, 0.3) is 5.65 Å². The molecule has 1 aliphatic rings. The van der Waals surface area contributed by atoms with Gasteiger partial charge >= 0.3 is 0 Å². The fourth-order valence-corrected chi connectivity index (χ4v) is 3.98. The van der Waals surface area contributed by atoms with E-state index in [9.17, 15) is 8.42 Å². The molecule has 1 aliphatic heterocycles. The van der Waals surface area contributed by atoms with Crippen molar-refractivity contribution in [2.75, 3.05) is 25.0 Å². The molecule has 1 fully saturated rings. The Morgan fingerprint density at radius 3 is 2.79 bits per heavy atom. The standard InChI is InChI=1S/C13H16N8O2S/c1-18-8-11(5-15-18)24(22,23)19(2)10-6-20(7-10)13-4-3-12-16-14-9-21(12)17-13/h3-5,8-10H,6-7H2,1-2H3. The van der Waals surface area contributed by atoms with Gasteiger partial charge in [0.15, 0.2) is 5.65 Å². The number of nitrogens with zero attached hydrogens (tertiary/aromatic N) is 8. The summed E-state index contributed by atoms with van der Waals surface area (Å²) >= 11 is 0. The Bertz CT molecular complexity index is 988. The van der Waals surface area contributed by atoms with Crippen LogP contribution in [0.2, 0.25) is 0 Å². The lowest BCUT2D eigenvalue weighted by Crippen LogP contribution is -2.60. The minimum atomic E-state index is -3.53. The van der Waals surface area contributed by atoms with E-state index in [1.54, 1.807) is 18.6 Å². The second kappa shape index (κ2) is 5.24. The summed E-state index contributed by atoms with van der Waals surface area (Å²) in [4.78, 5) is 2.22. The van der Waals surface area contributed by atoms with E-state index in [2.05, 4.69) is 20.4 Å². The molecule has 3 aromatic heterocycles. The highest BCUT2D eigenvalue weighted by molar-refractivity contribution is 7.89. The average Bonchev–Trinajstić information content (AvgIpc) is 3.13. The van der Waals surface area contributed by atoms with Gasteiger partial charge < -0.3 is 4.90 Å². The number of likely N-dealkylation sites (N-methyl/N-ethyl adjacent to an activating group) is 1. The van der Waals surface area contributed by atoms with Crippen LogP contribution in [-0.2, 0) is 17.1 Å². The predicted molar refractivity (Wildman–Crippen MR) is 84.9 cm³/mol. The van der Waals surface area contributed by atoms with E-state index in [0.29, 0.717) is 18.7 Å². The highest BCUT2D eigenvalue weighted by atomic mass is 32.2. The van der Waals surface area contributed by atoms with E-state index in [4.69, 9.17) is 0 Å². The normalized spacial score (nSPS) is 16.0. The summed E-state index contributed by atoms with van der Waals surface area (Å²) < 4.78 is 29.6. The zero-order chi connectivity index (χ0) is 16.9. The topological polar surface area (TPSA) is 102 Å². The van der Waals surface area contributed by atoms with E-state index < -0.39 is 10.0 Å². The average molecular weight is 348 g/mol. The molecule has 4 rings (SSSR count). The van der Waals surface area contributed by atoms with Crippen molar-refractivity contribution >= 4 is 21.5 Å². The van der Waals surface area contributed by atoms with Gasteiger partial charge in [0.05, 0.1) is 12.2 Å². The number of rotatable bonds is 4. The first-order chi connectivity index (χ1) is 11.4. The number of sulfonamides is 1. The highest BCUT2D eigenvalue weighted by Crippen LogP contribution is 2.25. The minimum Gasteiger partial charge on any atom is -0.352 e. The van der Waals surface area contributed by atoms with E-state index in [1.165, 1.54) is 27.7 Å². The minimum absolute atomic E-state index is 0.103. The van der Waals surface area contributed by atoms with Crippen molar-refractivity contribution in [3.63, 3.8) is 0 Å². The molecule has 0 radical (unpaired) electrons. The van der Waals surface area contributed by atoms with Crippen molar-refractivity contribution in [3.05, 3.63) is 30.9 Å². The second-order valence-electron chi connectivity index (χ2n) is 5.76. The third-order valence-corrected chi connectivity index (χ3v) is 6.07. The lowest BCUT2D eigenvalue weighted by atomic mass is 10.1. The van der Waals surface area contributed by atoms with E-state index in [0.717, 1.165) is 5.82 Å². The molecular weight excluding hydrogens is 332 g/mol. The smallest absolute Gasteiger partial charge is 0.246 e. The molecule has 10 nitrogen and oxygen atoms in total. The van der Waals surface area contributed by atoms with E-state index in [-0.39, 0.29) is 10.9 Å². The molecule has 11 heteroatoms. The summed E-state index contributed by atoms with van der Waals surface area (Å²) in [7, 11) is -0.243. The molecule has 1 saturated heterocycles. The van der Waals surface area contributed by atoms with Crippen LogP contribution in [-0.4, -0.2) is 68.5 Å². The van der Waals surface area contributed by atoms with Gasteiger partial charge in [-0.15, -0.1) is 15.3 Å². The largest absolute Gasteiger partial charge is 0.352 e. The molecule has 0 bridgehead atoms. The summed E-state index contributed by atoms with van der Waals surface area (Å²) in [5.74, 6) is 0.769. The van der Waals surface area contributed by atoms with Gasteiger partial charge in [-0.05, 0) is 12.1 Å². The van der Waals surface area contributed by atoms with Crippen molar-refractivity contribution < 1.29 is 8.42 Å². The molecule has 3 aromatic rings. The van der Waals surface area contributed by atoms with Gasteiger partial charge in [0.1, 0.15) is 17.0 Å². The fourth-order valence-electron chi connectivity index (χ4n) is 2.65. The Hall–Kier alpha value is -2.53. The zero-order valence-corrected chi connectivity index (χ0v) is 14.0. The van der Waals surface area contributed by atoms with Crippen molar-refractivity contribution in [1.82, 2.24) is 33.9 Å². The third kappa shape index (κ3) is 2.32. The van der Waals surface area contributed by atoms with Gasteiger partial charge in [-0.25, -0.2) is 8.42 Å². The van der Waals surface area contributed by atoms with Crippen LogP contribution in [0.15, 0.2) is 35.7 Å². The Kier molecular flexibility index (Phi) is 3.28. The molecule has 0 aliphatic carbocycles. The maximum Gasteiger partial charge on any atom is 0.246 e. The molecule has 0 N–H and O–H groups in total. The van der Waals surface area contributed by atoms with Gasteiger partial charge in [0.25, 0.3) is 0 Å². The van der Waals surface area contributed by atoms with Gasteiger partial charge in [0.2, 0.25) is 10.0 Å². The SMILES string of the molecule is CN(C1CN(c2ccc3nncn3n2)C1)S(=O)(=O)c1cnn(C)c1. The van der Waals surface area contributed by atoms with Crippen LogP contribution in [0.1, 0.15) is 0 Å². The van der Waals surface area contributed by atoms with Crippen molar-refractivity contribution in [2.45, 2.75) is 10.9 Å². The van der Waals surface area contributed by atoms with Crippen LogP contribution in [0.3, 0.4) is 0 Å². The molecule has 24 heavy (non-hydrogen) atoms. The molecule has 4 heterocycles. The lowest BCUT2D eigenvalue weighted by Gasteiger charge is -2.43. The van der Waals surface area contributed by atoms with Crippen LogP contribution >= 0.6 is 0 Å². The maximum atomic E-state index is 12.6. The molecule has 0 aromatic carbocycles. The summed E-state index contributed by atoms with van der Waals surface area (Å²) in [6, 6.07) is 3.59. The highest BCUT2D eigenvalue weighted by Gasteiger charge is 2.37. The van der Waals surface area contributed by atoms with Gasteiger partial charge in [-0.2, -0.15) is 13.9 Å². The van der Waals surface area contributed by atoms with Crippen LogP contribution < -0.4 is 4.90 Å². The Labute approximate surface area is 138 Å². The molecule has 0 unspecified atom stereocenters. The first-order valence-electron chi connectivity index (χ1n) is 7.34. The number of aryl methyl sites for hydroxylation is 1. The van der Waals surface area contributed by atoms with Crippen LogP contribution in [0, 0.1) is 0 Å². The van der Waals surface area contributed by atoms with E-state index >= 15 is 0 Å². The number of hydrogen-bond acceptors (Lipinski definition) is 7. The molecular formula is C13H16N8O2S. The molecule has 126 valence electrons. The predicted octanol–water partition coefficient (Wildman–Crippen LogP) is -0.633. The summed E-state index contributed by atoms with van der Waals surface area (Å²) in [5, 5.41) is 16.0. The molecule has 0 spiro atoms. The first-order valence-corrected chi connectivity index (χ1v) is 8.78. The van der Waals surface area contributed by atoms with Crippen LogP contribution in [0.4, 0.5) is 5.82 Å².